The van der Waals surface area contributed by atoms with Crippen LogP contribution >= 0.6 is 11.8 Å². The summed E-state index contributed by atoms with van der Waals surface area (Å²) in [6, 6.07) is 9.67. The summed E-state index contributed by atoms with van der Waals surface area (Å²) in [6.45, 7) is 3.96. The lowest BCUT2D eigenvalue weighted by Crippen LogP contribution is -2.62. The molecule has 1 aliphatic heterocycles. The van der Waals surface area contributed by atoms with Crippen LogP contribution in [-0.4, -0.2) is 40.0 Å². The maximum atomic E-state index is 12.3. The first-order valence-corrected chi connectivity index (χ1v) is 8.21. The van der Waals surface area contributed by atoms with E-state index in [2.05, 4.69) is 10.3 Å². The van der Waals surface area contributed by atoms with Crippen LogP contribution in [0.5, 0.6) is 0 Å². The third-order valence-corrected chi connectivity index (χ3v) is 5.60. The van der Waals surface area contributed by atoms with Gasteiger partial charge in [0, 0.05) is 22.8 Å². The van der Waals surface area contributed by atoms with E-state index in [0.29, 0.717) is 12.2 Å². The molecule has 0 radical (unpaired) electrons. The van der Waals surface area contributed by atoms with Gasteiger partial charge in [0.25, 0.3) is 0 Å². The number of aliphatic hydroxyl groups excluding tert-OH is 1. The average molecular weight is 304 g/mol. The third-order valence-electron chi connectivity index (χ3n) is 4.51. The van der Waals surface area contributed by atoms with Gasteiger partial charge >= 0.3 is 0 Å². The van der Waals surface area contributed by atoms with Gasteiger partial charge in [-0.1, -0.05) is 44.2 Å². The highest BCUT2D eigenvalue weighted by atomic mass is 32.2. The van der Waals surface area contributed by atoms with Crippen LogP contribution in [0.3, 0.4) is 0 Å². The predicted molar refractivity (Wildman–Crippen MR) is 85.6 cm³/mol. The summed E-state index contributed by atoms with van der Waals surface area (Å²) < 4.78 is 0. The Morgan fingerprint density at radius 3 is 2.71 bits per heavy atom. The second-order valence-electron chi connectivity index (χ2n) is 6.26. The van der Waals surface area contributed by atoms with E-state index in [1.807, 2.05) is 44.2 Å². The van der Waals surface area contributed by atoms with Crippen LogP contribution in [0.25, 0.3) is 0 Å². The van der Waals surface area contributed by atoms with Crippen LogP contribution in [0.4, 0.5) is 0 Å². The standard InChI is InChI=1S/C16H20N2O2S/c1-16(2)12(8-13(16)19)18-14(20)11-9-21-15(17-11)10-6-4-3-5-7-10/h3-7,11-13,19H,8-9H2,1-2H3,(H,18,20). The summed E-state index contributed by atoms with van der Waals surface area (Å²) in [5, 5.41) is 13.7. The maximum absolute atomic E-state index is 12.3. The molecule has 1 aliphatic carbocycles. The number of carbonyl (C=O) groups excluding carboxylic acids is 1. The fourth-order valence-corrected chi connectivity index (χ4v) is 3.71. The summed E-state index contributed by atoms with van der Waals surface area (Å²) in [7, 11) is 0. The Hall–Kier alpha value is -1.33. The molecule has 0 bridgehead atoms. The average Bonchev–Trinajstić information content (AvgIpc) is 2.98. The Bertz CT molecular complexity index is 571. The molecular weight excluding hydrogens is 284 g/mol. The first kappa shape index (κ1) is 14.6. The first-order valence-electron chi connectivity index (χ1n) is 7.23. The van der Waals surface area contributed by atoms with Crippen molar-refractivity contribution >= 4 is 22.7 Å². The van der Waals surface area contributed by atoms with Gasteiger partial charge in [0.1, 0.15) is 6.04 Å². The molecule has 0 spiro atoms. The number of aliphatic hydroxyl groups is 1. The zero-order chi connectivity index (χ0) is 15.0. The Labute approximate surface area is 129 Å². The zero-order valence-electron chi connectivity index (χ0n) is 12.2. The van der Waals surface area contributed by atoms with Crippen LogP contribution < -0.4 is 5.32 Å². The van der Waals surface area contributed by atoms with E-state index in [1.165, 1.54) is 0 Å². The summed E-state index contributed by atoms with van der Waals surface area (Å²) in [5.41, 5.74) is 0.824. The number of carbonyl (C=O) groups is 1. The van der Waals surface area contributed by atoms with E-state index in [4.69, 9.17) is 0 Å². The summed E-state index contributed by atoms with van der Waals surface area (Å²) >= 11 is 1.62. The van der Waals surface area contributed by atoms with Gasteiger partial charge in [0.15, 0.2) is 0 Å². The topological polar surface area (TPSA) is 61.7 Å². The highest BCUT2D eigenvalue weighted by Gasteiger charge is 2.48. The van der Waals surface area contributed by atoms with E-state index < -0.39 is 0 Å². The molecule has 1 aromatic rings. The van der Waals surface area contributed by atoms with Crippen LogP contribution in [-0.2, 0) is 4.79 Å². The van der Waals surface area contributed by atoms with E-state index in [1.54, 1.807) is 11.8 Å². The van der Waals surface area contributed by atoms with Gasteiger partial charge in [-0.25, -0.2) is 0 Å². The minimum Gasteiger partial charge on any atom is -0.392 e. The lowest BCUT2D eigenvalue weighted by atomic mass is 9.64. The van der Waals surface area contributed by atoms with E-state index in [-0.39, 0.29) is 29.5 Å². The molecule has 2 N–H and O–H groups in total. The summed E-state index contributed by atoms with van der Waals surface area (Å²) in [5.74, 6) is 0.657. The summed E-state index contributed by atoms with van der Waals surface area (Å²) in [4.78, 5) is 16.8. The molecule has 0 aromatic heterocycles. The number of nitrogens with one attached hydrogen (secondary N) is 1. The van der Waals surface area contributed by atoms with E-state index in [9.17, 15) is 9.90 Å². The second kappa shape index (κ2) is 5.46. The molecule has 1 amide bonds. The van der Waals surface area contributed by atoms with Gasteiger partial charge in [0.2, 0.25) is 5.91 Å². The van der Waals surface area contributed by atoms with Gasteiger partial charge < -0.3 is 10.4 Å². The Morgan fingerprint density at radius 2 is 2.10 bits per heavy atom. The highest BCUT2D eigenvalue weighted by Crippen LogP contribution is 2.40. The number of nitrogens with zero attached hydrogens (tertiary/aromatic N) is 1. The van der Waals surface area contributed by atoms with Gasteiger partial charge in [0.05, 0.1) is 11.1 Å². The zero-order valence-corrected chi connectivity index (χ0v) is 13.1. The van der Waals surface area contributed by atoms with Crippen molar-refractivity contribution in [3.05, 3.63) is 35.9 Å². The molecule has 3 atom stereocenters. The minimum absolute atomic E-state index is 0.0293. The molecule has 1 saturated carbocycles. The highest BCUT2D eigenvalue weighted by molar-refractivity contribution is 8.14. The molecule has 3 rings (SSSR count). The fourth-order valence-electron chi connectivity index (χ4n) is 2.66. The maximum Gasteiger partial charge on any atom is 0.245 e. The molecule has 3 unspecified atom stereocenters. The summed E-state index contributed by atoms with van der Waals surface area (Å²) in [6.07, 6.45) is 0.303. The van der Waals surface area contributed by atoms with Crippen LogP contribution in [0.15, 0.2) is 35.3 Å². The van der Waals surface area contributed by atoms with Crippen molar-refractivity contribution in [2.75, 3.05) is 5.75 Å². The monoisotopic (exact) mass is 304 g/mol. The number of hydrogen-bond acceptors (Lipinski definition) is 4. The van der Waals surface area contributed by atoms with Crippen molar-refractivity contribution in [3.63, 3.8) is 0 Å². The lowest BCUT2D eigenvalue weighted by Gasteiger charge is -2.49. The largest absolute Gasteiger partial charge is 0.392 e. The third kappa shape index (κ3) is 2.72. The SMILES string of the molecule is CC1(C)C(O)CC1NC(=O)C1CSC(c2ccccc2)=N1. The van der Waals surface area contributed by atoms with Gasteiger partial charge in [-0.2, -0.15) is 0 Å². The van der Waals surface area contributed by atoms with Crippen molar-refractivity contribution in [2.24, 2.45) is 10.4 Å². The molecule has 1 aromatic carbocycles. The smallest absolute Gasteiger partial charge is 0.245 e. The lowest BCUT2D eigenvalue weighted by molar-refractivity contribution is -0.129. The second-order valence-corrected chi connectivity index (χ2v) is 7.27. The quantitative estimate of drug-likeness (QED) is 0.895. The molecule has 21 heavy (non-hydrogen) atoms. The van der Waals surface area contributed by atoms with Gasteiger partial charge in [-0.05, 0) is 6.42 Å². The Balaban J connectivity index is 1.64. The molecular formula is C16H20N2O2S. The van der Waals surface area contributed by atoms with Crippen molar-refractivity contribution < 1.29 is 9.90 Å². The first-order chi connectivity index (χ1) is 9.98. The number of amides is 1. The molecule has 4 nitrogen and oxygen atoms in total. The Kier molecular flexibility index (Phi) is 3.80. The Morgan fingerprint density at radius 1 is 1.38 bits per heavy atom. The van der Waals surface area contributed by atoms with Gasteiger partial charge in [-0.3, -0.25) is 9.79 Å². The number of rotatable bonds is 3. The van der Waals surface area contributed by atoms with E-state index >= 15 is 0 Å². The molecule has 1 heterocycles. The van der Waals surface area contributed by atoms with Crippen molar-refractivity contribution in [3.8, 4) is 0 Å². The minimum atomic E-state index is -0.330. The van der Waals surface area contributed by atoms with Crippen molar-refractivity contribution in [1.82, 2.24) is 5.32 Å². The number of benzene rings is 1. The molecule has 2 aliphatic rings. The van der Waals surface area contributed by atoms with Gasteiger partial charge in [-0.15, -0.1) is 11.8 Å². The van der Waals surface area contributed by atoms with Crippen LogP contribution in [0, 0.1) is 5.41 Å². The van der Waals surface area contributed by atoms with Crippen LogP contribution in [0.2, 0.25) is 0 Å². The number of thioether (sulfide) groups is 1. The predicted octanol–water partition coefficient (Wildman–Crippen LogP) is 1.82. The van der Waals surface area contributed by atoms with Crippen LogP contribution in [0.1, 0.15) is 25.8 Å². The van der Waals surface area contributed by atoms with E-state index in [0.717, 1.165) is 10.6 Å². The number of aliphatic imine (C=N–C) groups is 1. The normalized spacial score (nSPS) is 30.4. The molecule has 1 fully saturated rings. The fraction of sp³-hybridized carbons (Fsp3) is 0.500. The molecule has 112 valence electrons. The molecule has 0 saturated heterocycles. The van der Waals surface area contributed by atoms with Crippen molar-refractivity contribution in [1.29, 1.82) is 0 Å². The molecule has 5 heteroatoms. The van der Waals surface area contributed by atoms with Crippen molar-refractivity contribution in [2.45, 2.75) is 38.5 Å². The number of hydrogen-bond donors (Lipinski definition) is 2.